The Morgan fingerprint density at radius 2 is 2.10 bits per heavy atom. The molecule has 1 aromatic heterocycles. The summed E-state index contributed by atoms with van der Waals surface area (Å²) < 4.78 is 0. The Morgan fingerprint density at radius 1 is 1.25 bits per heavy atom. The molecular weight excluding hydrogens is 250 g/mol. The van der Waals surface area contributed by atoms with Crippen LogP contribution in [0, 0.1) is 0 Å². The van der Waals surface area contributed by atoms with Crippen molar-refractivity contribution in [1.82, 2.24) is 20.4 Å². The molecule has 1 saturated heterocycles. The quantitative estimate of drug-likeness (QED) is 0.847. The number of aromatic nitrogens is 2. The summed E-state index contributed by atoms with van der Waals surface area (Å²) in [6.45, 7) is 3.04. The molecule has 2 aliphatic rings. The molecule has 0 spiro atoms. The highest BCUT2D eigenvalue weighted by Crippen LogP contribution is 2.24. The predicted molar refractivity (Wildman–Crippen MR) is 80.8 cm³/mol. The third kappa shape index (κ3) is 3.46. The molecule has 2 fully saturated rings. The number of anilines is 1. The van der Waals surface area contributed by atoms with Crippen molar-refractivity contribution in [2.24, 2.45) is 0 Å². The second kappa shape index (κ2) is 6.06. The molecule has 1 aliphatic carbocycles. The molecule has 1 N–H and O–H groups in total. The van der Waals surface area contributed by atoms with Gasteiger partial charge in [-0.2, -0.15) is 5.10 Å². The molecule has 0 radical (unpaired) electrons. The van der Waals surface area contributed by atoms with Gasteiger partial charge >= 0.3 is 0 Å². The first-order valence-corrected chi connectivity index (χ1v) is 7.70. The van der Waals surface area contributed by atoms with Gasteiger partial charge in [-0.3, -0.25) is 0 Å². The average molecular weight is 275 g/mol. The van der Waals surface area contributed by atoms with Crippen LogP contribution in [-0.4, -0.2) is 54.4 Å². The van der Waals surface area contributed by atoms with Crippen molar-refractivity contribution in [3.63, 3.8) is 0 Å². The summed E-state index contributed by atoms with van der Waals surface area (Å²) >= 11 is 0. The van der Waals surface area contributed by atoms with Gasteiger partial charge in [-0.05, 0) is 51.9 Å². The van der Waals surface area contributed by atoms with Crippen molar-refractivity contribution in [2.75, 3.05) is 32.1 Å². The Labute approximate surface area is 121 Å². The molecule has 110 valence electrons. The van der Waals surface area contributed by atoms with Crippen molar-refractivity contribution in [2.45, 2.75) is 44.3 Å². The van der Waals surface area contributed by atoms with E-state index in [1.54, 1.807) is 0 Å². The molecule has 1 atom stereocenters. The summed E-state index contributed by atoms with van der Waals surface area (Å²) in [5.74, 6) is 1.03. The topological polar surface area (TPSA) is 44.3 Å². The van der Waals surface area contributed by atoms with Gasteiger partial charge < -0.3 is 15.1 Å². The molecule has 0 aromatic carbocycles. The highest BCUT2D eigenvalue weighted by Gasteiger charge is 2.26. The molecule has 2 heterocycles. The van der Waals surface area contributed by atoms with Crippen LogP contribution in [0.3, 0.4) is 0 Å². The average Bonchev–Trinajstić information content (AvgIpc) is 3.16. The van der Waals surface area contributed by atoms with Crippen LogP contribution in [0.5, 0.6) is 0 Å². The summed E-state index contributed by atoms with van der Waals surface area (Å²) in [5, 5.41) is 12.3. The number of hydrogen-bond acceptors (Lipinski definition) is 5. The highest BCUT2D eigenvalue weighted by atomic mass is 15.3. The maximum absolute atomic E-state index is 4.43. The maximum Gasteiger partial charge on any atom is 0.151 e. The predicted octanol–water partition coefficient (Wildman–Crippen LogP) is 1.26. The number of likely N-dealkylation sites (N-methyl/N-ethyl adjacent to an activating group) is 1. The molecule has 1 aliphatic heterocycles. The molecule has 0 amide bonds. The van der Waals surface area contributed by atoms with Crippen LogP contribution < -0.4 is 10.2 Å². The fraction of sp³-hybridized carbons (Fsp3) is 0.733. The van der Waals surface area contributed by atoms with Crippen molar-refractivity contribution in [3.05, 3.63) is 17.8 Å². The van der Waals surface area contributed by atoms with E-state index in [4.69, 9.17) is 0 Å². The summed E-state index contributed by atoms with van der Waals surface area (Å²) in [7, 11) is 4.27. The maximum atomic E-state index is 4.43. The lowest BCUT2D eigenvalue weighted by Gasteiger charge is -2.27. The van der Waals surface area contributed by atoms with Crippen molar-refractivity contribution < 1.29 is 0 Å². The third-order valence-corrected chi connectivity index (χ3v) is 4.10. The molecule has 5 nitrogen and oxygen atoms in total. The smallest absolute Gasteiger partial charge is 0.151 e. The van der Waals surface area contributed by atoms with Crippen molar-refractivity contribution in [1.29, 1.82) is 0 Å². The monoisotopic (exact) mass is 275 g/mol. The zero-order chi connectivity index (χ0) is 13.9. The SMILES string of the molecule is CN(C)CC1CCCN1c1ccc(CNC2CC2)nn1. The van der Waals surface area contributed by atoms with E-state index in [2.05, 4.69) is 51.5 Å². The van der Waals surface area contributed by atoms with Crippen LogP contribution >= 0.6 is 0 Å². The number of rotatable bonds is 6. The van der Waals surface area contributed by atoms with Crippen LogP contribution in [0.15, 0.2) is 12.1 Å². The van der Waals surface area contributed by atoms with Crippen LogP contribution in [0.1, 0.15) is 31.4 Å². The second-order valence-corrected chi connectivity index (χ2v) is 6.29. The normalized spacial score (nSPS) is 22.8. The molecule has 20 heavy (non-hydrogen) atoms. The Kier molecular flexibility index (Phi) is 4.17. The van der Waals surface area contributed by atoms with E-state index >= 15 is 0 Å². The Hall–Kier alpha value is -1.20. The first kappa shape index (κ1) is 13.8. The molecule has 5 heteroatoms. The summed E-state index contributed by atoms with van der Waals surface area (Å²) in [6, 6.07) is 5.54. The van der Waals surface area contributed by atoms with E-state index in [-0.39, 0.29) is 0 Å². The van der Waals surface area contributed by atoms with Crippen LogP contribution in [-0.2, 0) is 6.54 Å². The van der Waals surface area contributed by atoms with Crippen LogP contribution in [0.25, 0.3) is 0 Å². The molecular formula is C15H25N5. The Morgan fingerprint density at radius 3 is 2.75 bits per heavy atom. The van der Waals surface area contributed by atoms with Gasteiger partial charge in [0, 0.05) is 31.7 Å². The minimum absolute atomic E-state index is 0.578. The van der Waals surface area contributed by atoms with Gasteiger partial charge in [0.2, 0.25) is 0 Å². The van der Waals surface area contributed by atoms with E-state index in [1.165, 1.54) is 25.7 Å². The van der Waals surface area contributed by atoms with Crippen LogP contribution in [0.4, 0.5) is 5.82 Å². The Balaban J connectivity index is 1.60. The van der Waals surface area contributed by atoms with Gasteiger partial charge in [-0.1, -0.05) is 0 Å². The highest BCUT2D eigenvalue weighted by molar-refractivity contribution is 5.40. The number of nitrogens with one attached hydrogen (secondary N) is 1. The zero-order valence-corrected chi connectivity index (χ0v) is 12.5. The number of hydrogen-bond donors (Lipinski definition) is 1. The van der Waals surface area contributed by atoms with Gasteiger partial charge in [0.15, 0.2) is 5.82 Å². The lowest BCUT2D eigenvalue weighted by molar-refractivity contribution is 0.371. The standard InChI is InChI=1S/C15H25N5/c1-19(2)11-14-4-3-9-20(14)15-8-7-13(17-18-15)10-16-12-5-6-12/h7-8,12,14,16H,3-6,9-11H2,1-2H3. The van der Waals surface area contributed by atoms with E-state index in [0.717, 1.165) is 37.2 Å². The van der Waals surface area contributed by atoms with Crippen LogP contribution in [0.2, 0.25) is 0 Å². The summed E-state index contributed by atoms with van der Waals surface area (Å²) in [6.07, 6.45) is 5.13. The molecule has 0 bridgehead atoms. The number of nitrogens with zero attached hydrogens (tertiary/aromatic N) is 4. The third-order valence-electron chi connectivity index (χ3n) is 4.10. The van der Waals surface area contributed by atoms with Crippen molar-refractivity contribution >= 4 is 5.82 Å². The first-order valence-electron chi connectivity index (χ1n) is 7.70. The Bertz CT molecular complexity index is 426. The van der Waals surface area contributed by atoms with E-state index in [9.17, 15) is 0 Å². The minimum atomic E-state index is 0.578. The van der Waals surface area contributed by atoms with E-state index < -0.39 is 0 Å². The lowest BCUT2D eigenvalue weighted by atomic mass is 10.2. The van der Waals surface area contributed by atoms with E-state index in [1.807, 2.05) is 0 Å². The van der Waals surface area contributed by atoms with E-state index in [0.29, 0.717) is 6.04 Å². The minimum Gasteiger partial charge on any atom is -0.351 e. The summed E-state index contributed by atoms with van der Waals surface area (Å²) in [5.41, 5.74) is 1.05. The van der Waals surface area contributed by atoms with Gasteiger partial charge in [-0.15, -0.1) is 5.10 Å². The van der Waals surface area contributed by atoms with Gasteiger partial charge in [0.25, 0.3) is 0 Å². The van der Waals surface area contributed by atoms with Gasteiger partial charge in [0.1, 0.15) is 0 Å². The fourth-order valence-corrected chi connectivity index (χ4v) is 2.89. The molecule has 1 aromatic rings. The van der Waals surface area contributed by atoms with Gasteiger partial charge in [-0.25, -0.2) is 0 Å². The van der Waals surface area contributed by atoms with Gasteiger partial charge in [0.05, 0.1) is 5.69 Å². The molecule has 1 unspecified atom stereocenters. The molecule has 3 rings (SSSR count). The first-order chi connectivity index (χ1) is 9.72. The summed E-state index contributed by atoms with van der Waals surface area (Å²) in [4.78, 5) is 4.66. The second-order valence-electron chi connectivity index (χ2n) is 6.29. The largest absolute Gasteiger partial charge is 0.351 e. The lowest BCUT2D eigenvalue weighted by Crippen LogP contribution is -2.38. The van der Waals surface area contributed by atoms with Crippen molar-refractivity contribution in [3.8, 4) is 0 Å². The zero-order valence-electron chi connectivity index (χ0n) is 12.5. The fourth-order valence-electron chi connectivity index (χ4n) is 2.89. The molecule has 1 saturated carbocycles.